The predicted molar refractivity (Wildman–Crippen MR) is 117 cm³/mol. The molecule has 1 fully saturated rings. The molecule has 1 aliphatic carbocycles. The molecule has 0 unspecified atom stereocenters. The van der Waals surface area contributed by atoms with E-state index in [2.05, 4.69) is 30.0 Å². The molecule has 5 rings (SSSR count). The van der Waals surface area contributed by atoms with Crippen LogP contribution in [0.25, 0.3) is 11.0 Å². The maximum Gasteiger partial charge on any atom is 0.433 e. The molecule has 12 heteroatoms. The number of aryl methyl sites for hydroxylation is 1. The highest BCUT2D eigenvalue weighted by Gasteiger charge is 2.38. The molecular formula is C23H19F3N8O. The molecule has 0 bridgehead atoms. The molecule has 0 saturated heterocycles. The summed E-state index contributed by atoms with van der Waals surface area (Å²) in [4.78, 5) is 32.7. The number of alkyl halides is 3. The van der Waals surface area contributed by atoms with Crippen LogP contribution >= 0.6 is 0 Å². The van der Waals surface area contributed by atoms with Crippen LogP contribution in [0.2, 0.25) is 0 Å². The van der Waals surface area contributed by atoms with Gasteiger partial charge in [-0.25, -0.2) is 19.6 Å². The number of hydrogen-bond donors (Lipinski definition) is 1. The molecule has 178 valence electrons. The van der Waals surface area contributed by atoms with Gasteiger partial charge in [-0.2, -0.15) is 23.5 Å². The van der Waals surface area contributed by atoms with Crippen LogP contribution < -0.4 is 5.56 Å². The molecule has 0 aromatic carbocycles. The van der Waals surface area contributed by atoms with Gasteiger partial charge >= 0.3 is 6.18 Å². The van der Waals surface area contributed by atoms with Crippen LogP contribution in [-0.2, 0) is 6.18 Å². The predicted octanol–water partition coefficient (Wildman–Crippen LogP) is 3.77. The monoisotopic (exact) mass is 480 g/mol. The number of H-pyrrole nitrogens is 1. The summed E-state index contributed by atoms with van der Waals surface area (Å²) in [5.74, 6) is 0.975. The SMILES string of the molecule is Cc1cnc([C@@H]2CC[C@H]2c2nc3c(c(C#N)nn3[C@@H](C)c3ccc(C(F)(F)F)nc3)c(=O)[nH]2)nc1. The Bertz CT molecular complexity index is 1500. The maximum absolute atomic E-state index is 13.0. The number of nitrogens with one attached hydrogen (secondary N) is 1. The van der Waals surface area contributed by atoms with E-state index in [1.165, 1.54) is 10.7 Å². The smallest absolute Gasteiger partial charge is 0.310 e. The first kappa shape index (κ1) is 22.6. The van der Waals surface area contributed by atoms with Gasteiger partial charge in [0.25, 0.3) is 5.56 Å². The molecule has 4 aromatic heterocycles. The molecule has 4 aromatic rings. The van der Waals surface area contributed by atoms with E-state index in [4.69, 9.17) is 0 Å². The van der Waals surface area contributed by atoms with Crippen molar-refractivity contribution >= 4 is 11.0 Å². The highest BCUT2D eigenvalue weighted by molar-refractivity contribution is 5.80. The molecule has 35 heavy (non-hydrogen) atoms. The van der Waals surface area contributed by atoms with E-state index < -0.39 is 23.5 Å². The molecule has 0 aliphatic heterocycles. The Morgan fingerprint density at radius 1 is 1.14 bits per heavy atom. The van der Waals surface area contributed by atoms with Crippen LogP contribution in [0.15, 0.2) is 35.5 Å². The summed E-state index contributed by atoms with van der Waals surface area (Å²) >= 11 is 0. The van der Waals surface area contributed by atoms with Crippen LogP contribution in [0.3, 0.4) is 0 Å². The molecule has 0 radical (unpaired) electrons. The Balaban J connectivity index is 1.56. The van der Waals surface area contributed by atoms with E-state index in [0.717, 1.165) is 30.7 Å². The lowest BCUT2D eigenvalue weighted by Crippen LogP contribution is -2.28. The Morgan fingerprint density at radius 2 is 1.86 bits per heavy atom. The highest BCUT2D eigenvalue weighted by atomic mass is 19.4. The van der Waals surface area contributed by atoms with Gasteiger partial charge in [0, 0.05) is 30.4 Å². The molecule has 3 atom stereocenters. The molecule has 1 N–H and O–H groups in total. The maximum atomic E-state index is 13.0. The first-order valence-electron chi connectivity index (χ1n) is 10.9. The van der Waals surface area contributed by atoms with Crippen molar-refractivity contribution in [3.8, 4) is 6.07 Å². The minimum absolute atomic E-state index is 0.0143. The molecule has 9 nitrogen and oxygen atoms in total. The standard InChI is InChI=1S/C23H19F3N8O/c1-11-8-29-19(30-9-11)14-4-5-15(14)20-31-21-18(22(35)32-20)16(7-27)33-34(21)12(2)13-3-6-17(28-10-13)23(24,25)26/h3,6,8-10,12,14-15H,4-5H2,1-2H3,(H,31,32,35)/t12-,14+,15+/m0/s1. The quantitative estimate of drug-likeness (QED) is 0.471. The number of aromatic nitrogens is 7. The van der Waals surface area contributed by atoms with Gasteiger partial charge in [-0.3, -0.25) is 9.78 Å². The van der Waals surface area contributed by atoms with Crippen molar-refractivity contribution in [2.75, 3.05) is 0 Å². The van der Waals surface area contributed by atoms with E-state index in [1.807, 2.05) is 13.0 Å². The number of aromatic amines is 1. The van der Waals surface area contributed by atoms with Crippen molar-refractivity contribution in [3.05, 3.63) is 75.2 Å². The van der Waals surface area contributed by atoms with Gasteiger partial charge in [-0.1, -0.05) is 6.07 Å². The third kappa shape index (κ3) is 3.92. The summed E-state index contributed by atoms with van der Waals surface area (Å²) in [5.41, 5.74) is -0.0757. The Hall–Kier alpha value is -4.14. The van der Waals surface area contributed by atoms with Crippen molar-refractivity contribution in [1.29, 1.82) is 5.26 Å². The summed E-state index contributed by atoms with van der Waals surface area (Å²) in [6.07, 6.45) is 1.65. The second-order valence-corrected chi connectivity index (χ2v) is 8.61. The van der Waals surface area contributed by atoms with Crippen LogP contribution in [0.1, 0.15) is 71.8 Å². The van der Waals surface area contributed by atoms with Gasteiger partial charge < -0.3 is 4.98 Å². The van der Waals surface area contributed by atoms with Crippen molar-refractivity contribution < 1.29 is 13.2 Å². The first-order chi connectivity index (χ1) is 16.7. The number of rotatable bonds is 4. The zero-order chi connectivity index (χ0) is 24.9. The van der Waals surface area contributed by atoms with Gasteiger partial charge in [0.05, 0.1) is 6.04 Å². The third-order valence-corrected chi connectivity index (χ3v) is 6.37. The number of pyridine rings is 1. The Morgan fingerprint density at radius 3 is 2.43 bits per heavy atom. The average molecular weight is 480 g/mol. The minimum atomic E-state index is -4.56. The number of nitriles is 1. The van der Waals surface area contributed by atoms with E-state index in [1.54, 1.807) is 19.3 Å². The van der Waals surface area contributed by atoms with Gasteiger partial charge in [0.2, 0.25) is 0 Å². The van der Waals surface area contributed by atoms with Crippen LogP contribution in [-0.4, -0.2) is 34.7 Å². The van der Waals surface area contributed by atoms with E-state index in [-0.39, 0.29) is 28.6 Å². The summed E-state index contributed by atoms with van der Waals surface area (Å²) in [5, 5.41) is 13.8. The van der Waals surface area contributed by atoms with Gasteiger partial charge in [0.15, 0.2) is 11.3 Å². The van der Waals surface area contributed by atoms with Crippen molar-refractivity contribution in [1.82, 2.24) is 34.7 Å². The topological polar surface area (TPSA) is 126 Å². The van der Waals surface area contributed by atoms with Crippen LogP contribution in [0.4, 0.5) is 13.2 Å². The third-order valence-electron chi connectivity index (χ3n) is 6.37. The van der Waals surface area contributed by atoms with Crippen molar-refractivity contribution in [3.63, 3.8) is 0 Å². The van der Waals surface area contributed by atoms with E-state index >= 15 is 0 Å². The Labute approximate surface area is 196 Å². The molecule has 0 amide bonds. The number of halogens is 3. The largest absolute Gasteiger partial charge is 0.433 e. The second kappa shape index (κ2) is 8.26. The van der Waals surface area contributed by atoms with Crippen LogP contribution in [0, 0.1) is 18.3 Å². The number of hydrogen-bond acceptors (Lipinski definition) is 7. The summed E-state index contributed by atoms with van der Waals surface area (Å²) in [6, 6.07) is 3.46. The van der Waals surface area contributed by atoms with Crippen molar-refractivity contribution in [2.45, 2.75) is 50.7 Å². The molecule has 4 heterocycles. The zero-order valence-corrected chi connectivity index (χ0v) is 18.7. The molecule has 0 spiro atoms. The van der Waals surface area contributed by atoms with E-state index in [0.29, 0.717) is 17.2 Å². The lowest BCUT2D eigenvalue weighted by atomic mass is 9.72. The molecule has 1 saturated carbocycles. The fraction of sp³-hybridized carbons (Fsp3) is 0.348. The normalized spacial score (nSPS) is 18.7. The minimum Gasteiger partial charge on any atom is -0.310 e. The molecular weight excluding hydrogens is 461 g/mol. The summed E-state index contributed by atoms with van der Waals surface area (Å²) < 4.78 is 40.1. The lowest BCUT2D eigenvalue weighted by molar-refractivity contribution is -0.141. The zero-order valence-electron chi connectivity index (χ0n) is 18.7. The number of fused-ring (bicyclic) bond motifs is 1. The summed E-state index contributed by atoms with van der Waals surface area (Å²) in [6.45, 7) is 3.59. The second-order valence-electron chi connectivity index (χ2n) is 8.61. The van der Waals surface area contributed by atoms with Crippen LogP contribution in [0.5, 0.6) is 0 Å². The molecule has 1 aliphatic rings. The first-order valence-corrected chi connectivity index (χ1v) is 10.9. The Kier molecular flexibility index (Phi) is 5.35. The highest BCUT2D eigenvalue weighted by Crippen LogP contribution is 2.46. The fourth-order valence-electron chi connectivity index (χ4n) is 4.28. The van der Waals surface area contributed by atoms with E-state index in [9.17, 15) is 23.2 Å². The van der Waals surface area contributed by atoms with Gasteiger partial charge in [-0.05, 0) is 43.9 Å². The number of nitrogens with zero attached hydrogens (tertiary/aromatic N) is 7. The van der Waals surface area contributed by atoms with Gasteiger partial charge in [0.1, 0.15) is 28.8 Å². The summed E-state index contributed by atoms with van der Waals surface area (Å²) in [7, 11) is 0. The van der Waals surface area contributed by atoms with Gasteiger partial charge in [-0.15, -0.1) is 0 Å². The average Bonchev–Trinajstić information content (AvgIpc) is 3.18. The lowest BCUT2D eigenvalue weighted by Gasteiger charge is -2.34. The fourth-order valence-corrected chi connectivity index (χ4v) is 4.28. The van der Waals surface area contributed by atoms with Crippen molar-refractivity contribution in [2.24, 2.45) is 0 Å².